The third-order valence-electron chi connectivity index (χ3n) is 7.38. The summed E-state index contributed by atoms with van der Waals surface area (Å²) in [6.07, 6.45) is -2.10. The fraction of sp³-hybridized carbons (Fsp3) is 0.333. The summed E-state index contributed by atoms with van der Waals surface area (Å²) in [4.78, 5) is 43.0. The number of alkyl halides is 3. The Labute approximate surface area is 248 Å². The summed E-state index contributed by atoms with van der Waals surface area (Å²) in [6, 6.07) is 2.85. The van der Waals surface area contributed by atoms with Gasteiger partial charge in [0, 0.05) is 54.6 Å². The van der Waals surface area contributed by atoms with Crippen LogP contribution in [0.25, 0.3) is 16.8 Å². The largest absolute Gasteiger partial charge is 0.496 e. The standard InChI is InChI=1S/C30H30F5N5O4/c1-6-24(30(33,34)35)37-17-12-20(31)26(21(32)13-17)28(42)38-22(16(3)41)14-18-7-8-19(27-36-9-10-40(18)27)25-23(44-5)11-15(2)39(4)29(25)43/h7-13,22,24,37H,6,14H2,1-5H3,(H,38,42)/t22-,24+/m0/s1. The molecule has 2 N–H and O–H groups in total. The number of ketones is 1. The Morgan fingerprint density at radius 3 is 2.34 bits per heavy atom. The van der Waals surface area contributed by atoms with Gasteiger partial charge in [0.1, 0.15) is 34.6 Å². The highest BCUT2D eigenvalue weighted by molar-refractivity contribution is 5.98. The second-order valence-electron chi connectivity index (χ2n) is 10.3. The van der Waals surface area contributed by atoms with E-state index < -0.39 is 59.3 Å². The van der Waals surface area contributed by atoms with Gasteiger partial charge in [-0.05, 0) is 44.5 Å². The van der Waals surface area contributed by atoms with Crippen LogP contribution in [0.2, 0.25) is 0 Å². The predicted molar refractivity (Wildman–Crippen MR) is 153 cm³/mol. The first-order valence-corrected chi connectivity index (χ1v) is 13.5. The normalized spacial score (nSPS) is 13.0. The molecule has 0 aliphatic rings. The van der Waals surface area contributed by atoms with E-state index in [1.807, 2.05) is 5.32 Å². The number of anilines is 1. The van der Waals surface area contributed by atoms with E-state index in [2.05, 4.69) is 10.3 Å². The van der Waals surface area contributed by atoms with Crippen LogP contribution in [0.3, 0.4) is 0 Å². The number of halogens is 5. The number of fused-ring (bicyclic) bond motifs is 1. The molecule has 0 saturated carbocycles. The number of nitrogens with zero attached hydrogens (tertiary/aromatic N) is 3. The number of carbonyl (C=O) groups is 2. The van der Waals surface area contributed by atoms with Crippen molar-refractivity contribution in [3.05, 3.63) is 81.7 Å². The molecule has 0 bridgehead atoms. The Hall–Kier alpha value is -4.75. The Balaban J connectivity index is 1.64. The quantitative estimate of drug-likeness (QED) is 0.243. The minimum Gasteiger partial charge on any atom is -0.496 e. The number of amides is 1. The molecular formula is C30H30F5N5O4. The summed E-state index contributed by atoms with van der Waals surface area (Å²) < 4.78 is 77.6. The molecule has 1 amide bonds. The molecule has 1 aromatic carbocycles. The van der Waals surface area contributed by atoms with Gasteiger partial charge >= 0.3 is 6.18 Å². The number of hydrogen-bond acceptors (Lipinski definition) is 6. The van der Waals surface area contributed by atoms with Crippen molar-refractivity contribution in [2.75, 3.05) is 12.4 Å². The third-order valence-corrected chi connectivity index (χ3v) is 7.38. The van der Waals surface area contributed by atoms with Crippen LogP contribution in [0, 0.1) is 18.6 Å². The number of carbonyl (C=O) groups excluding carboxylic acids is 2. The van der Waals surface area contributed by atoms with Crippen LogP contribution < -0.4 is 20.9 Å². The number of Topliss-reactive ketones (excluding diaryl/α,β-unsaturated/α-hetero) is 1. The molecule has 3 aromatic heterocycles. The van der Waals surface area contributed by atoms with Crippen molar-refractivity contribution < 1.29 is 36.3 Å². The van der Waals surface area contributed by atoms with Crippen LogP contribution >= 0.6 is 0 Å². The molecule has 14 heteroatoms. The summed E-state index contributed by atoms with van der Waals surface area (Å²) in [5, 5.41) is 4.35. The van der Waals surface area contributed by atoms with Crippen LogP contribution in [0.15, 0.2) is 47.5 Å². The van der Waals surface area contributed by atoms with Gasteiger partial charge in [-0.1, -0.05) is 6.92 Å². The lowest BCUT2D eigenvalue weighted by molar-refractivity contribution is -0.142. The maximum absolute atomic E-state index is 14.9. The zero-order chi connectivity index (χ0) is 32.5. The number of nitrogens with one attached hydrogen (secondary N) is 2. The maximum Gasteiger partial charge on any atom is 0.408 e. The molecule has 3 heterocycles. The van der Waals surface area contributed by atoms with Gasteiger partial charge in [-0.25, -0.2) is 13.8 Å². The first kappa shape index (κ1) is 32.2. The van der Waals surface area contributed by atoms with Gasteiger partial charge in [0.25, 0.3) is 11.5 Å². The van der Waals surface area contributed by atoms with Crippen molar-refractivity contribution in [1.29, 1.82) is 0 Å². The number of pyridine rings is 2. The number of methoxy groups -OCH3 is 1. The molecule has 9 nitrogen and oxygen atoms in total. The smallest absolute Gasteiger partial charge is 0.408 e. The highest BCUT2D eigenvalue weighted by atomic mass is 19.4. The van der Waals surface area contributed by atoms with Gasteiger partial charge < -0.3 is 24.3 Å². The average molecular weight is 620 g/mol. The zero-order valence-corrected chi connectivity index (χ0v) is 24.5. The van der Waals surface area contributed by atoms with E-state index in [9.17, 15) is 36.3 Å². The lowest BCUT2D eigenvalue weighted by atomic mass is 10.0. The number of imidazole rings is 1. The molecular weight excluding hydrogens is 589 g/mol. The molecule has 2 atom stereocenters. The van der Waals surface area contributed by atoms with Gasteiger partial charge in [0.15, 0.2) is 5.78 Å². The van der Waals surface area contributed by atoms with Gasteiger partial charge in [0.2, 0.25) is 0 Å². The molecule has 234 valence electrons. The van der Waals surface area contributed by atoms with Crippen molar-refractivity contribution in [2.45, 2.75) is 51.9 Å². The molecule has 44 heavy (non-hydrogen) atoms. The molecule has 4 aromatic rings. The van der Waals surface area contributed by atoms with E-state index in [1.165, 1.54) is 31.7 Å². The topological polar surface area (TPSA) is 107 Å². The minimum atomic E-state index is -4.66. The maximum atomic E-state index is 14.9. The summed E-state index contributed by atoms with van der Waals surface area (Å²) in [5.74, 6) is -4.26. The van der Waals surface area contributed by atoms with Crippen molar-refractivity contribution in [3.8, 4) is 16.9 Å². The van der Waals surface area contributed by atoms with E-state index in [1.54, 1.807) is 42.8 Å². The number of hydrogen-bond donors (Lipinski definition) is 2. The Bertz CT molecular complexity index is 1770. The van der Waals surface area contributed by atoms with Crippen LogP contribution in [0.5, 0.6) is 5.75 Å². The zero-order valence-electron chi connectivity index (χ0n) is 24.5. The van der Waals surface area contributed by atoms with E-state index in [-0.39, 0.29) is 17.5 Å². The number of aromatic nitrogens is 3. The van der Waals surface area contributed by atoms with Crippen molar-refractivity contribution in [2.24, 2.45) is 7.05 Å². The van der Waals surface area contributed by atoms with E-state index >= 15 is 0 Å². The third kappa shape index (κ3) is 6.29. The molecule has 0 aliphatic carbocycles. The fourth-order valence-electron chi connectivity index (χ4n) is 4.86. The second-order valence-corrected chi connectivity index (χ2v) is 10.3. The van der Waals surface area contributed by atoms with Gasteiger partial charge in [-0.2, -0.15) is 13.2 Å². The van der Waals surface area contributed by atoms with Crippen LogP contribution in [0.4, 0.5) is 27.6 Å². The van der Waals surface area contributed by atoms with Crippen molar-refractivity contribution >= 4 is 23.0 Å². The van der Waals surface area contributed by atoms with Crippen molar-refractivity contribution in [1.82, 2.24) is 19.3 Å². The molecule has 0 aliphatic heterocycles. The van der Waals surface area contributed by atoms with Gasteiger partial charge in [-0.15, -0.1) is 0 Å². The predicted octanol–water partition coefficient (Wildman–Crippen LogP) is 4.98. The first-order chi connectivity index (χ1) is 20.7. The lowest BCUT2D eigenvalue weighted by Gasteiger charge is -2.22. The SMILES string of the molecule is CC[C@@H](Nc1cc(F)c(C(=O)N[C@@H](Cc2ccc(-c3c(OC)cc(C)n(C)c3=O)c3nccn23)C(C)=O)c(F)c1)C(F)(F)F. The molecule has 0 unspecified atom stereocenters. The lowest BCUT2D eigenvalue weighted by Crippen LogP contribution is -2.42. The first-order valence-electron chi connectivity index (χ1n) is 13.5. The van der Waals surface area contributed by atoms with Crippen LogP contribution in [-0.2, 0) is 18.3 Å². The summed E-state index contributed by atoms with van der Waals surface area (Å²) in [7, 11) is 3.06. The van der Waals surface area contributed by atoms with Gasteiger partial charge in [-0.3, -0.25) is 14.4 Å². The number of ether oxygens (including phenoxy) is 1. The second kappa shape index (κ2) is 12.5. The van der Waals surface area contributed by atoms with Crippen molar-refractivity contribution in [3.63, 3.8) is 0 Å². The molecule has 0 spiro atoms. The minimum absolute atomic E-state index is 0.121. The summed E-state index contributed by atoms with van der Waals surface area (Å²) >= 11 is 0. The van der Waals surface area contributed by atoms with E-state index in [0.717, 1.165) is 0 Å². The highest BCUT2D eigenvalue weighted by Gasteiger charge is 2.38. The summed E-state index contributed by atoms with van der Waals surface area (Å²) in [5.41, 5.74) is 0.373. The Morgan fingerprint density at radius 1 is 1.11 bits per heavy atom. The van der Waals surface area contributed by atoms with Crippen LogP contribution in [-0.4, -0.2) is 51.0 Å². The monoisotopic (exact) mass is 619 g/mol. The molecule has 4 rings (SSSR count). The number of aryl methyl sites for hydroxylation is 1. The Kier molecular flexibility index (Phi) is 9.11. The highest BCUT2D eigenvalue weighted by Crippen LogP contribution is 2.31. The fourth-order valence-corrected chi connectivity index (χ4v) is 4.86. The summed E-state index contributed by atoms with van der Waals surface area (Å²) in [6.45, 7) is 4.21. The number of rotatable bonds is 10. The van der Waals surface area contributed by atoms with E-state index in [0.29, 0.717) is 40.5 Å². The molecule has 0 saturated heterocycles. The van der Waals surface area contributed by atoms with Gasteiger partial charge in [0.05, 0.1) is 18.7 Å². The molecule has 0 radical (unpaired) electrons. The van der Waals surface area contributed by atoms with E-state index in [4.69, 9.17) is 4.74 Å². The Morgan fingerprint density at radius 2 is 1.77 bits per heavy atom. The average Bonchev–Trinajstić information content (AvgIpc) is 3.44. The van der Waals surface area contributed by atoms with Crippen LogP contribution in [0.1, 0.15) is 42.0 Å². The molecule has 0 fully saturated rings. The number of benzene rings is 1.